The summed E-state index contributed by atoms with van der Waals surface area (Å²) in [6.07, 6.45) is 2.68. The lowest BCUT2D eigenvalue weighted by Crippen LogP contribution is -2.24. The van der Waals surface area contributed by atoms with Crippen LogP contribution in [0.1, 0.15) is 31.5 Å². The first-order valence-corrected chi connectivity index (χ1v) is 6.29. The number of methoxy groups -OCH3 is 1. The van der Waals surface area contributed by atoms with Crippen LogP contribution in [0.25, 0.3) is 0 Å². The molecule has 1 heterocycles. The van der Waals surface area contributed by atoms with Crippen molar-refractivity contribution in [1.29, 1.82) is 0 Å². The molecule has 0 aliphatic carbocycles. The van der Waals surface area contributed by atoms with Crippen molar-refractivity contribution in [2.24, 2.45) is 0 Å². The standard InChI is InChI=1S/C14H24N2O2/c1-14(2,17-4)7-9-18-11-13-12(10-15-3)6-5-8-16-13/h5-6,8,15H,7,9-11H2,1-4H3. The normalized spacial score (nSPS) is 11.8. The third kappa shape index (κ3) is 5.12. The van der Waals surface area contributed by atoms with Gasteiger partial charge in [0, 0.05) is 26.5 Å². The molecule has 0 amide bonds. The first-order chi connectivity index (χ1) is 8.59. The monoisotopic (exact) mass is 252 g/mol. The summed E-state index contributed by atoms with van der Waals surface area (Å²) in [7, 11) is 3.66. The molecule has 0 aromatic carbocycles. The van der Waals surface area contributed by atoms with Crippen molar-refractivity contribution in [2.45, 2.75) is 39.0 Å². The lowest BCUT2D eigenvalue weighted by atomic mass is 10.1. The minimum Gasteiger partial charge on any atom is -0.379 e. The molecular formula is C14H24N2O2. The van der Waals surface area contributed by atoms with Gasteiger partial charge >= 0.3 is 0 Å². The Hall–Kier alpha value is -0.970. The van der Waals surface area contributed by atoms with Crippen LogP contribution in [0.4, 0.5) is 0 Å². The molecule has 1 aromatic rings. The Bertz CT molecular complexity index is 353. The van der Waals surface area contributed by atoms with Gasteiger partial charge in [0.05, 0.1) is 17.9 Å². The molecule has 4 nitrogen and oxygen atoms in total. The Labute approximate surface area is 110 Å². The average molecular weight is 252 g/mol. The van der Waals surface area contributed by atoms with Crippen LogP contribution in [0.15, 0.2) is 18.3 Å². The lowest BCUT2D eigenvalue weighted by Gasteiger charge is -2.22. The fourth-order valence-electron chi connectivity index (χ4n) is 1.54. The Balaban J connectivity index is 2.39. The van der Waals surface area contributed by atoms with Crippen LogP contribution in [-0.4, -0.2) is 31.3 Å². The molecule has 1 N–H and O–H groups in total. The van der Waals surface area contributed by atoms with Gasteiger partial charge < -0.3 is 14.8 Å². The summed E-state index contributed by atoms with van der Waals surface area (Å²) in [5.41, 5.74) is 2.06. The topological polar surface area (TPSA) is 43.4 Å². The molecule has 0 aliphatic heterocycles. The fraction of sp³-hybridized carbons (Fsp3) is 0.643. The fourth-order valence-corrected chi connectivity index (χ4v) is 1.54. The van der Waals surface area contributed by atoms with Gasteiger partial charge in [-0.2, -0.15) is 0 Å². The smallest absolute Gasteiger partial charge is 0.0891 e. The molecule has 0 atom stereocenters. The van der Waals surface area contributed by atoms with E-state index in [2.05, 4.69) is 30.2 Å². The van der Waals surface area contributed by atoms with Crippen LogP contribution < -0.4 is 5.32 Å². The number of aromatic nitrogens is 1. The van der Waals surface area contributed by atoms with Crippen LogP contribution >= 0.6 is 0 Å². The van der Waals surface area contributed by atoms with E-state index in [1.54, 1.807) is 13.3 Å². The maximum atomic E-state index is 5.67. The largest absolute Gasteiger partial charge is 0.379 e. The quantitative estimate of drug-likeness (QED) is 0.720. The predicted octanol–water partition coefficient (Wildman–Crippen LogP) is 2.13. The summed E-state index contributed by atoms with van der Waals surface area (Å²) >= 11 is 0. The Morgan fingerprint density at radius 3 is 2.83 bits per heavy atom. The van der Waals surface area contributed by atoms with E-state index in [1.807, 2.05) is 13.1 Å². The predicted molar refractivity (Wildman–Crippen MR) is 72.4 cm³/mol. The Morgan fingerprint density at radius 2 is 2.17 bits per heavy atom. The van der Waals surface area contributed by atoms with Gasteiger partial charge in [-0.3, -0.25) is 4.98 Å². The molecule has 0 fully saturated rings. The van der Waals surface area contributed by atoms with Crippen molar-refractivity contribution in [3.8, 4) is 0 Å². The number of hydrogen-bond donors (Lipinski definition) is 1. The van der Waals surface area contributed by atoms with Gasteiger partial charge in [-0.15, -0.1) is 0 Å². The summed E-state index contributed by atoms with van der Waals surface area (Å²) in [5.74, 6) is 0. The van der Waals surface area contributed by atoms with Crippen LogP contribution in [0.3, 0.4) is 0 Å². The van der Waals surface area contributed by atoms with Crippen molar-refractivity contribution in [3.05, 3.63) is 29.6 Å². The van der Waals surface area contributed by atoms with Crippen LogP contribution in [0, 0.1) is 0 Å². The molecule has 0 aliphatic rings. The highest BCUT2D eigenvalue weighted by atomic mass is 16.5. The number of ether oxygens (including phenoxy) is 2. The molecule has 0 unspecified atom stereocenters. The molecule has 0 spiro atoms. The van der Waals surface area contributed by atoms with Crippen LogP contribution in [-0.2, 0) is 22.6 Å². The van der Waals surface area contributed by atoms with Crippen molar-refractivity contribution >= 4 is 0 Å². The molecular weight excluding hydrogens is 228 g/mol. The molecule has 0 bridgehead atoms. The summed E-state index contributed by atoms with van der Waals surface area (Å²) in [6.45, 7) is 6.16. The minimum absolute atomic E-state index is 0.127. The summed E-state index contributed by atoms with van der Waals surface area (Å²) in [4.78, 5) is 4.36. The number of pyridine rings is 1. The number of rotatable bonds is 8. The minimum atomic E-state index is -0.127. The Kier molecular flexibility index (Phi) is 6.25. The summed E-state index contributed by atoms with van der Waals surface area (Å²) in [5, 5.41) is 3.13. The van der Waals surface area contributed by atoms with Gasteiger partial charge in [0.2, 0.25) is 0 Å². The van der Waals surface area contributed by atoms with E-state index >= 15 is 0 Å². The SMILES string of the molecule is CNCc1cccnc1COCCC(C)(C)OC. The molecule has 102 valence electrons. The highest BCUT2D eigenvalue weighted by molar-refractivity contribution is 5.18. The zero-order chi connectivity index (χ0) is 13.4. The molecule has 4 heteroatoms. The van der Waals surface area contributed by atoms with Crippen molar-refractivity contribution in [3.63, 3.8) is 0 Å². The second-order valence-corrected chi connectivity index (χ2v) is 4.91. The third-order valence-corrected chi connectivity index (χ3v) is 2.99. The summed E-state index contributed by atoms with van der Waals surface area (Å²) < 4.78 is 11.0. The molecule has 0 saturated carbocycles. The second-order valence-electron chi connectivity index (χ2n) is 4.91. The van der Waals surface area contributed by atoms with Gasteiger partial charge in [0.1, 0.15) is 0 Å². The van der Waals surface area contributed by atoms with E-state index in [0.29, 0.717) is 13.2 Å². The maximum Gasteiger partial charge on any atom is 0.0891 e. The maximum absolute atomic E-state index is 5.67. The summed E-state index contributed by atoms with van der Waals surface area (Å²) in [6, 6.07) is 4.02. The Morgan fingerprint density at radius 1 is 1.39 bits per heavy atom. The van der Waals surface area contributed by atoms with E-state index in [0.717, 1.165) is 18.7 Å². The van der Waals surface area contributed by atoms with Gasteiger partial charge in [0.15, 0.2) is 0 Å². The number of nitrogens with zero attached hydrogens (tertiary/aromatic N) is 1. The van der Waals surface area contributed by atoms with E-state index < -0.39 is 0 Å². The van der Waals surface area contributed by atoms with Gasteiger partial charge in [0.25, 0.3) is 0 Å². The van der Waals surface area contributed by atoms with E-state index in [4.69, 9.17) is 9.47 Å². The van der Waals surface area contributed by atoms with E-state index in [9.17, 15) is 0 Å². The molecule has 1 rings (SSSR count). The zero-order valence-electron chi connectivity index (χ0n) is 11.8. The van der Waals surface area contributed by atoms with Crippen molar-refractivity contribution in [2.75, 3.05) is 20.8 Å². The van der Waals surface area contributed by atoms with Crippen molar-refractivity contribution in [1.82, 2.24) is 10.3 Å². The van der Waals surface area contributed by atoms with E-state index in [1.165, 1.54) is 5.56 Å². The van der Waals surface area contributed by atoms with Gasteiger partial charge in [-0.05, 0) is 38.9 Å². The van der Waals surface area contributed by atoms with E-state index in [-0.39, 0.29) is 5.60 Å². The highest BCUT2D eigenvalue weighted by Gasteiger charge is 2.15. The van der Waals surface area contributed by atoms with Crippen molar-refractivity contribution < 1.29 is 9.47 Å². The molecule has 0 radical (unpaired) electrons. The second kappa shape index (κ2) is 7.46. The number of hydrogen-bond acceptors (Lipinski definition) is 4. The van der Waals surface area contributed by atoms with Crippen LogP contribution in [0.2, 0.25) is 0 Å². The molecule has 18 heavy (non-hydrogen) atoms. The zero-order valence-corrected chi connectivity index (χ0v) is 11.8. The first-order valence-electron chi connectivity index (χ1n) is 6.29. The first kappa shape index (κ1) is 15.1. The third-order valence-electron chi connectivity index (χ3n) is 2.99. The molecule has 1 aromatic heterocycles. The van der Waals surface area contributed by atoms with Gasteiger partial charge in [-0.1, -0.05) is 6.07 Å². The highest BCUT2D eigenvalue weighted by Crippen LogP contribution is 2.13. The number of nitrogens with one attached hydrogen (secondary N) is 1. The van der Waals surface area contributed by atoms with Gasteiger partial charge in [-0.25, -0.2) is 0 Å². The lowest BCUT2D eigenvalue weighted by molar-refractivity contribution is -0.0129. The average Bonchev–Trinajstić information content (AvgIpc) is 2.37. The molecule has 0 saturated heterocycles. The van der Waals surface area contributed by atoms with Crippen LogP contribution in [0.5, 0.6) is 0 Å².